The highest BCUT2D eigenvalue weighted by Crippen LogP contribution is 2.15. The van der Waals surface area contributed by atoms with Crippen LogP contribution < -0.4 is 0 Å². The van der Waals surface area contributed by atoms with Crippen LogP contribution in [0.2, 0.25) is 0 Å². The van der Waals surface area contributed by atoms with Crippen LogP contribution in [-0.2, 0) is 19.1 Å². The van der Waals surface area contributed by atoms with Crippen molar-refractivity contribution in [3.8, 4) is 0 Å². The Bertz CT molecular complexity index is 782. The molecule has 5 nitrogen and oxygen atoms in total. The molecule has 0 unspecified atom stereocenters. The third-order valence-electron chi connectivity index (χ3n) is 8.85. The average Bonchev–Trinajstić information content (AvgIpc) is 3.09. The van der Waals surface area contributed by atoms with Crippen molar-refractivity contribution in [2.45, 2.75) is 181 Å². The van der Waals surface area contributed by atoms with E-state index in [0.717, 1.165) is 77.2 Å². The van der Waals surface area contributed by atoms with Crippen LogP contribution in [0.15, 0.2) is 48.6 Å². The van der Waals surface area contributed by atoms with Crippen LogP contribution in [0.5, 0.6) is 0 Å². The fourth-order valence-electron chi connectivity index (χ4n) is 5.67. The number of nitrogens with zero attached hydrogens (tertiary/aromatic N) is 1. The zero-order chi connectivity index (χ0) is 35.9. The van der Waals surface area contributed by atoms with Crippen LogP contribution in [-0.4, -0.2) is 50.7 Å². The Hall–Kier alpha value is -2.14. The van der Waals surface area contributed by atoms with Crippen LogP contribution in [0.1, 0.15) is 181 Å². The maximum atomic E-state index is 12.8. The number of hydrogen-bond acceptors (Lipinski definition) is 5. The fraction of sp³-hybridized carbons (Fsp3) is 0.773. The van der Waals surface area contributed by atoms with E-state index in [0.29, 0.717) is 19.6 Å². The van der Waals surface area contributed by atoms with Gasteiger partial charge in [-0.05, 0) is 111 Å². The lowest BCUT2D eigenvalue weighted by Gasteiger charge is -2.17. The first-order chi connectivity index (χ1) is 24.0. The Morgan fingerprint density at radius 1 is 0.469 bits per heavy atom. The summed E-state index contributed by atoms with van der Waals surface area (Å²) in [5.74, 6) is -1.64. The van der Waals surface area contributed by atoms with Crippen molar-refractivity contribution in [3.05, 3.63) is 48.6 Å². The first kappa shape index (κ1) is 46.9. The SMILES string of the molecule is CCCCC/C=C\C/C=C\CCCCCCCCOC(=O)C(CCCN(C)C)C(=O)OCCCCCCCC/C=C\C/C=C\CCCCC. The molecule has 0 aromatic carbocycles. The summed E-state index contributed by atoms with van der Waals surface area (Å²) in [6.45, 7) is 6.09. The number of ether oxygens (including phenoxy) is 2. The van der Waals surface area contributed by atoms with Crippen LogP contribution in [0.4, 0.5) is 0 Å². The van der Waals surface area contributed by atoms with E-state index >= 15 is 0 Å². The van der Waals surface area contributed by atoms with Gasteiger partial charge in [0.25, 0.3) is 0 Å². The summed E-state index contributed by atoms with van der Waals surface area (Å²) in [6.07, 6.45) is 47.8. The van der Waals surface area contributed by atoms with Gasteiger partial charge in [-0.25, -0.2) is 0 Å². The van der Waals surface area contributed by atoms with E-state index in [4.69, 9.17) is 9.47 Å². The van der Waals surface area contributed by atoms with Crippen molar-refractivity contribution in [1.82, 2.24) is 4.90 Å². The van der Waals surface area contributed by atoms with Gasteiger partial charge >= 0.3 is 11.9 Å². The van der Waals surface area contributed by atoms with Crippen molar-refractivity contribution in [2.24, 2.45) is 5.92 Å². The molecule has 0 aliphatic heterocycles. The summed E-state index contributed by atoms with van der Waals surface area (Å²) in [5, 5.41) is 0. The zero-order valence-corrected chi connectivity index (χ0v) is 32.8. The van der Waals surface area contributed by atoms with Gasteiger partial charge in [0.05, 0.1) is 13.2 Å². The number of carbonyl (C=O) groups is 2. The number of allylic oxidation sites excluding steroid dienone is 8. The lowest BCUT2D eigenvalue weighted by Crippen LogP contribution is -2.29. The molecular formula is C44H79NO4. The second-order valence-corrected chi connectivity index (χ2v) is 14.0. The summed E-state index contributed by atoms with van der Waals surface area (Å²) in [6, 6.07) is 0. The second kappa shape index (κ2) is 38.7. The molecule has 284 valence electrons. The highest BCUT2D eigenvalue weighted by Gasteiger charge is 2.29. The number of carbonyl (C=O) groups excluding carboxylic acids is 2. The van der Waals surface area contributed by atoms with Gasteiger partial charge in [-0.2, -0.15) is 0 Å². The van der Waals surface area contributed by atoms with Crippen molar-refractivity contribution in [3.63, 3.8) is 0 Å². The first-order valence-corrected chi connectivity index (χ1v) is 20.6. The molecule has 0 amide bonds. The molecule has 0 aromatic rings. The molecule has 0 aliphatic rings. The van der Waals surface area contributed by atoms with E-state index in [2.05, 4.69) is 67.4 Å². The molecule has 0 atom stereocenters. The Morgan fingerprint density at radius 2 is 0.816 bits per heavy atom. The van der Waals surface area contributed by atoms with E-state index in [-0.39, 0.29) is 0 Å². The van der Waals surface area contributed by atoms with Crippen molar-refractivity contribution in [2.75, 3.05) is 33.9 Å². The predicted octanol–water partition coefficient (Wildman–Crippen LogP) is 12.7. The van der Waals surface area contributed by atoms with E-state index in [1.165, 1.54) is 89.9 Å². The molecule has 0 aliphatic carbocycles. The maximum absolute atomic E-state index is 12.8. The standard InChI is InChI=1S/C44H79NO4/c1-5-7-9-11-13-15-17-19-21-23-25-27-29-31-33-35-40-48-43(46)42(38-37-39-45(3)4)44(47)49-41-36-34-32-30-28-26-24-22-20-18-16-14-12-10-8-6-2/h13-16,19-22,42H,5-12,17-18,23-41H2,1-4H3/b15-13-,16-14-,21-19-,22-20-. The number of esters is 2. The molecule has 0 saturated heterocycles. The van der Waals surface area contributed by atoms with Gasteiger partial charge in [-0.3, -0.25) is 9.59 Å². The smallest absolute Gasteiger partial charge is 0.320 e. The molecule has 49 heavy (non-hydrogen) atoms. The normalized spacial score (nSPS) is 12.2. The molecule has 0 bridgehead atoms. The third kappa shape index (κ3) is 35.5. The van der Waals surface area contributed by atoms with Crippen LogP contribution in [0.25, 0.3) is 0 Å². The summed E-state index contributed by atoms with van der Waals surface area (Å²) < 4.78 is 11.1. The Kier molecular flexibility index (Phi) is 37.0. The van der Waals surface area contributed by atoms with Crippen LogP contribution >= 0.6 is 0 Å². The van der Waals surface area contributed by atoms with Gasteiger partial charge in [-0.15, -0.1) is 0 Å². The summed E-state index contributed by atoms with van der Waals surface area (Å²) in [4.78, 5) is 27.8. The first-order valence-electron chi connectivity index (χ1n) is 20.6. The minimum Gasteiger partial charge on any atom is -0.465 e. The van der Waals surface area contributed by atoms with E-state index in [1.54, 1.807) is 0 Å². The van der Waals surface area contributed by atoms with Crippen LogP contribution in [0.3, 0.4) is 0 Å². The molecule has 0 aromatic heterocycles. The molecule has 0 heterocycles. The van der Waals surface area contributed by atoms with Gasteiger partial charge < -0.3 is 14.4 Å². The van der Waals surface area contributed by atoms with Gasteiger partial charge in [-0.1, -0.05) is 140 Å². The Morgan fingerprint density at radius 3 is 1.18 bits per heavy atom. The molecule has 0 rings (SSSR count). The van der Waals surface area contributed by atoms with E-state index < -0.39 is 17.9 Å². The molecule has 5 heteroatoms. The van der Waals surface area contributed by atoms with E-state index in [9.17, 15) is 9.59 Å². The van der Waals surface area contributed by atoms with Crippen molar-refractivity contribution < 1.29 is 19.1 Å². The summed E-state index contributed by atoms with van der Waals surface area (Å²) in [7, 11) is 4.01. The summed E-state index contributed by atoms with van der Waals surface area (Å²) >= 11 is 0. The molecular weight excluding hydrogens is 606 g/mol. The predicted molar refractivity (Wildman–Crippen MR) is 212 cm³/mol. The minimum absolute atomic E-state index is 0.386. The topological polar surface area (TPSA) is 55.8 Å². The summed E-state index contributed by atoms with van der Waals surface area (Å²) in [5.41, 5.74) is 0. The van der Waals surface area contributed by atoms with Gasteiger partial charge in [0.2, 0.25) is 0 Å². The second-order valence-electron chi connectivity index (χ2n) is 14.0. The Balaban J connectivity index is 3.99. The van der Waals surface area contributed by atoms with E-state index in [1.807, 2.05) is 14.1 Å². The quantitative estimate of drug-likeness (QED) is 0.0284. The van der Waals surface area contributed by atoms with Crippen molar-refractivity contribution >= 4 is 11.9 Å². The van der Waals surface area contributed by atoms with Gasteiger partial charge in [0.1, 0.15) is 0 Å². The lowest BCUT2D eigenvalue weighted by atomic mass is 10.0. The molecule has 0 spiro atoms. The highest BCUT2D eigenvalue weighted by molar-refractivity contribution is 5.94. The lowest BCUT2D eigenvalue weighted by molar-refractivity contribution is -0.162. The average molecular weight is 686 g/mol. The molecule has 0 radical (unpaired) electrons. The largest absolute Gasteiger partial charge is 0.465 e. The highest BCUT2D eigenvalue weighted by atomic mass is 16.6. The Labute approximate surface area is 304 Å². The minimum atomic E-state index is -0.811. The van der Waals surface area contributed by atoms with Crippen molar-refractivity contribution in [1.29, 1.82) is 0 Å². The van der Waals surface area contributed by atoms with Gasteiger partial charge in [0.15, 0.2) is 5.92 Å². The molecule has 0 N–H and O–H groups in total. The fourth-order valence-corrected chi connectivity index (χ4v) is 5.67. The number of unbranched alkanes of at least 4 members (excludes halogenated alkanes) is 18. The zero-order valence-electron chi connectivity index (χ0n) is 32.8. The molecule has 0 saturated carbocycles. The van der Waals surface area contributed by atoms with Crippen LogP contribution in [0, 0.1) is 5.92 Å². The monoisotopic (exact) mass is 686 g/mol. The van der Waals surface area contributed by atoms with Gasteiger partial charge in [0, 0.05) is 0 Å². The number of rotatable bonds is 36. The molecule has 0 fully saturated rings. The third-order valence-corrected chi connectivity index (χ3v) is 8.85. The number of hydrogen-bond donors (Lipinski definition) is 0. The maximum Gasteiger partial charge on any atom is 0.320 e.